The van der Waals surface area contributed by atoms with Crippen molar-refractivity contribution in [2.75, 3.05) is 0 Å². The Labute approximate surface area is 174 Å². The van der Waals surface area contributed by atoms with Crippen molar-refractivity contribution in [2.24, 2.45) is 0 Å². The molecule has 0 spiro atoms. The van der Waals surface area contributed by atoms with Crippen molar-refractivity contribution in [3.8, 4) is 22.3 Å². The van der Waals surface area contributed by atoms with Gasteiger partial charge >= 0.3 is 175 Å². The Kier molecular flexibility index (Phi) is 5.55. The molecule has 0 fully saturated rings. The molecule has 0 aliphatic rings. The van der Waals surface area contributed by atoms with Gasteiger partial charge in [-0.3, -0.25) is 0 Å². The zero-order valence-corrected chi connectivity index (χ0v) is 17.8. The third-order valence-electron chi connectivity index (χ3n) is 4.63. The number of rotatable bonds is 4. The summed E-state index contributed by atoms with van der Waals surface area (Å²) in [4.78, 5) is 0. The van der Waals surface area contributed by atoms with Gasteiger partial charge in [0.1, 0.15) is 0 Å². The zero-order valence-electron chi connectivity index (χ0n) is 15.0. The first-order chi connectivity index (χ1) is 13.3. The Morgan fingerprint density at radius 2 is 1.11 bits per heavy atom. The van der Waals surface area contributed by atoms with Crippen LogP contribution < -0.4 is 0 Å². The normalized spacial score (nSPS) is 11.4. The molecule has 0 aliphatic carbocycles. The summed E-state index contributed by atoms with van der Waals surface area (Å²) < 4.78 is 1.35. The summed E-state index contributed by atoms with van der Waals surface area (Å²) in [5.74, 6) is 0. The molecule has 0 bridgehead atoms. The summed E-state index contributed by atoms with van der Waals surface area (Å²) in [6.07, 6.45) is 2.34. The van der Waals surface area contributed by atoms with Crippen LogP contribution in [-0.4, -0.2) is 22.5 Å². The molecule has 0 saturated heterocycles. The van der Waals surface area contributed by atoms with Crippen LogP contribution in [0.5, 0.6) is 0 Å². The summed E-state index contributed by atoms with van der Waals surface area (Å²) in [7, 11) is 0. The molecule has 1 heteroatoms. The summed E-state index contributed by atoms with van der Waals surface area (Å²) in [6.45, 7) is 0. The second-order valence-corrected chi connectivity index (χ2v) is 7.96. The second kappa shape index (κ2) is 8.41. The van der Waals surface area contributed by atoms with Crippen LogP contribution in [0.25, 0.3) is 31.9 Å². The SMILES string of the molecule is [Sn][C](=Cc1cccc(-c2ccccc2)c1-c1ccccc1)c1ccccc1. The van der Waals surface area contributed by atoms with Gasteiger partial charge in [-0.25, -0.2) is 0 Å². The van der Waals surface area contributed by atoms with Crippen molar-refractivity contribution in [1.29, 1.82) is 0 Å². The van der Waals surface area contributed by atoms with E-state index in [2.05, 4.69) is 115 Å². The molecule has 0 atom stereocenters. The van der Waals surface area contributed by atoms with Crippen molar-refractivity contribution in [3.05, 3.63) is 120 Å². The summed E-state index contributed by atoms with van der Waals surface area (Å²) >= 11 is 1.42. The third-order valence-corrected chi connectivity index (χ3v) is 5.86. The topological polar surface area (TPSA) is 0 Å². The van der Waals surface area contributed by atoms with Crippen molar-refractivity contribution >= 4 is 32.2 Å². The van der Waals surface area contributed by atoms with Crippen LogP contribution in [0.3, 0.4) is 0 Å². The van der Waals surface area contributed by atoms with E-state index in [0.29, 0.717) is 0 Å². The third kappa shape index (κ3) is 4.06. The second-order valence-electron chi connectivity index (χ2n) is 6.43. The standard InChI is InChI=1S/C26H19.Sn/c1-4-11-21(12-5-1)19-20-24-17-10-18-25(22-13-6-2-7-14-22)26(24)23-15-8-3-9-16-23;/h1-18,20H;. The molecule has 0 heterocycles. The van der Waals surface area contributed by atoms with Crippen molar-refractivity contribution in [2.45, 2.75) is 0 Å². The van der Waals surface area contributed by atoms with E-state index in [1.54, 1.807) is 0 Å². The van der Waals surface area contributed by atoms with E-state index in [-0.39, 0.29) is 0 Å². The maximum absolute atomic E-state index is 2.34. The molecule has 0 saturated carbocycles. The average Bonchev–Trinajstić information content (AvgIpc) is 2.75. The molecule has 3 radical (unpaired) electrons. The average molecular weight is 450 g/mol. The first kappa shape index (κ1) is 17.8. The van der Waals surface area contributed by atoms with Crippen LogP contribution in [0.2, 0.25) is 0 Å². The monoisotopic (exact) mass is 451 g/mol. The van der Waals surface area contributed by atoms with Gasteiger partial charge in [0.05, 0.1) is 0 Å². The van der Waals surface area contributed by atoms with Gasteiger partial charge in [0.25, 0.3) is 0 Å². The van der Waals surface area contributed by atoms with Crippen LogP contribution in [0.1, 0.15) is 11.1 Å². The molecule has 0 aromatic heterocycles. The summed E-state index contributed by atoms with van der Waals surface area (Å²) in [6, 6.07) is 38.6. The molecule has 0 N–H and O–H groups in total. The fourth-order valence-electron chi connectivity index (χ4n) is 3.33. The van der Waals surface area contributed by atoms with Crippen LogP contribution in [0.15, 0.2) is 109 Å². The van der Waals surface area contributed by atoms with Gasteiger partial charge in [-0.05, 0) is 0 Å². The molecule has 4 aromatic carbocycles. The van der Waals surface area contributed by atoms with E-state index in [1.165, 1.54) is 59.5 Å². The quantitative estimate of drug-likeness (QED) is 0.240. The van der Waals surface area contributed by atoms with E-state index < -0.39 is 0 Å². The first-order valence-electron chi connectivity index (χ1n) is 9.05. The molecule has 0 nitrogen and oxygen atoms in total. The van der Waals surface area contributed by atoms with Gasteiger partial charge < -0.3 is 0 Å². The van der Waals surface area contributed by atoms with Crippen LogP contribution in [-0.2, 0) is 0 Å². The van der Waals surface area contributed by atoms with Crippen molar-refractivity contribution < 1.29 is 0 Å². The van der Waals surface area contributed by atoms with E-state index >= 15 is 0 Å². The number of benzene rings is 4. The zero-order chi connectivity index (χ0) is 18.5. The van der Waals surface area contributed by atoms with Gasteiger partial charge in [-0.2, -0.15) is 0 Å². The molecule has 0 amide bonds. The predicted octanol–water partition coefficient (Wildman–Crippen LogP) is 6.69. The molecule has 127 valence electrons. The molecule has 0 unspecified atom stereocenters. The fourth-order valence-corrected chi connectivity index (χ4v) is 4.25. The number of hydrogen-bond donors (Lipinski definition) is 0. The van der Waals surface area contributed by atoms with Gasteiger partial charge in [-0.1, -0.05) is 0 Å². The Hall–Kier alpha value is -2.58. The minimum atomic E-state index is 1.25. The maximum atomic E-state index is 2.34. The Bertz CT molecular complexity index is 1050. The summed E-state index contributed by atoms with van der Waals surface area (Å²) in [5.41, 5.74) is 7.61. The van der Waals surface area contributed by atoms with Crippen LogP contribution in [0, 0.1) is 0 Å². The Morgan fingerprint density at radius 1 is 0.556 bits per heavy atom. The first-order valence-corrected chi connectivity index (χ1v) is 10.5. The molecule has 4 aromatic rings. The number of hydrogen-bond acceptors (Lipinski definition) is 0. The molecular weight excluding hydrogens is 431 g/mol. The van der Waals surface area contributed by atoms with E-state index in [4.69, 9.17) is 0 Å². The molecule has 0 aliphatic heterocycles. The molecule has 4 rings (SSSR count). The van der Waals surface area contributed by atoms with E-state index in [9.17, 15) is 0 Å². The Morgan fingerprint density at radius 3 is 1.74 bits per heavy atom. The minimum absolute atomic E-state index is 1.25. The van der Waals surface area contributed by atoms with Gasteiger partial charge in [-0.15, -0.1) is 0 Å². The van der Waals surface area contributed by atoms with Gasteiger partial charge in [0.2, 0.25) is 0 Å². The van der Waals surface area contributed by atoms with Gasteiger partial charge in [0, 0.05) is 0 Å². The van der Waals surface area contributed by atoms with Crippen molar-refractivity contribution in [3.63, 3.8) is 0 Å². The van der Waals surface area contributed by atoms with Crippen LogP contribution in [0.4, 0.5) is 0 Å². The van der Waals surface area contributed by atoms with Crippen LogP contribution >= 0.6 is 0 Å². The summed E-state index contributed by atoms with van der Waals surface area (Å²) in [5, 5.41) is 0. The molecular formula is C26H19Sn. The van der Waals surface area contributed by atoms with Gasteiger partial charge in [0.15, 0.2) is 0 Å². The van der Waals surface area contributed by atoms with E-state index in [1.807, 2.05) is 0 Å². The fraction of sp³-hybridized carbons (Fsp3) is 0. The Balaban J connectivity index is 1.92. The van der Waals surface area contributed by atoms with Crippen molar-refractivity contribution in [1.82, 2.24) is 0 Å². The molecule has 27 heavy (non-hydrogen) atoms. The predicted molar refractivity (Wildman–Crippen MR) is 117 cm³/mol. The van der Waals surface area contributed by atoms with E-state index in [0.717, 1.165) is 0 Å².